The monoisotopic (exact) mass is 289 g/mol. The average molecular weight is 289 g/mol. The van der Waals surface area contributed by atoms with Crippen LogP contribution in [0.5, 0.6) is 0 Å². The van der Waals surface area contributed by atoms with E-state index in [4.69, 9.17) is 0 Å². The normalized spacial score (nSPS) is 26.0. The molecule has 2 nitrogen and oxygen atoms in total. The van der Waals surface area contributed by atoms with E-state index in [1.165, 1.54) is 25.7 Å². The first kappa shape index (κ1) is 16.5. The maximum absolute atomic E-state index is 10.9. The van der Waals surface area contributed by atoms with Gasteiger partial charge >= 0.3 is 0 Å². The van der Waals surface area contributed by atoms with E-state index in [0.29, 0.717) is 12.0 Å². The summed E-state index contributed by atoms with van der Waals surface area (Å²) in [7, 11) is 2.21. The molecule has 0 aliphatic heterocycles. The highest BCUT2D eigenvalue weighted by Crippen LogP contribution is 2.33. The molecule has 4 atom stereocenters. The summed E-state index contributed by atoms with van der Waals surface area (Å²) in [4.78, 5) is 2.46. The minimum atomic E-state index is -0.412. The van der Waals surface area contributed by atoms with Crippen LogP contribution in [0.25, 0.3) is 0 Å². The molecule has 1 saturated carbocycles. The van der Waals surface area contributed by atoms with Gasteiger partial charge in [-0.15, -0.1) is 0 Å². The lowest BCUT2D eigenvalue weighted by Gasteiger charge is -2.44. The van der Waals surface area contributed by atoms with Gasteiger partial charge in [0.25, 0.3) is 0 Å². The Kier molecular flexibility index (Phi) is 5.83. The van der Waals surface area contributed by atoms with Crippen molar-refractivity contribution in [1.82, 2.24) is 4.90 Å². The zero-order chi connectivity index (χ0) is 15.4. The second-order valence-corrected chi connectivity index (χ2v) is 7.08. The van der Waals surface area contributed by atoms with Gasteiger partial charge in [-0.05, 0) is 37.3 Å². The van der Waals surface area contributed by atoms with E-state index in [9.17, 15) is 5.11 Å². The molecular weight excluding hydrogens is 258 g/mol. The van der Waals surface area contributed by atoms with Crippen molar-refractivity contribution < 1.29 is 5.11 Å². The highest BCUT2D eigenvalue weighted by atomic mass is 16.3. The SMILES string of the molecule is CC(C)C(C(O)c1ccccc1)N(C)C1CCCCC1C. The van der Waals surface area contributed by atoms with Crippen molar-refractivity contribution in [3.63, 3.8) is 0 Å². The summed E-state index contributed by atoms with van der Waals surface area (Å²) < 4.78 is 0. The lowest BCUT2D eigenvalue weighted by molar-refractivity contribution is -0.00784. The number of hydrogen-bond acceptors (Lipinski definition) is 2. The van der Waals surface area contributed by atoms with Crippen molar-refractivity contribution in [2.45, 2.75) is 64.6 Å². The summed E-state index contributed by atoms with van der Waals surface area (Å²) >= 11 is 0. The first-order valence-corrected chi connectivity index (χ1v) is 8.47. The summed E-state index contributed by atoms with van der Waals surface area (Å²) in [6.07, 6.45) is 4.86. The molecule has 2 heteroatoms. The van der Waals surface area contributed by atoms with Crippen LogP contribution in [-0.4, -0.2) is 29.1 Å². The molecule has 4 unspecified atom stereocenters. The highest BCUT2D eigenvalue weighted by molar-refractivity contribution is 5.19. The zero-order valence-corrected chi connectivity index (χ0v) is 14.0. The third kappa shape index (κ3) is 3.87. The molecule has 1 fully saturated rings. The van der Waals surface area contributed by atoms with Gasteiger partial charge in [0, 0.05) is 12.1 Å². The molecule has 1 aromatic rings. The van der Waals surface area contributed by atoms with Crippen molar-refractivity contribution in [3.8, 4) is 0 Å². The molecule has 0 aromatic heterocycles. The van der Waals surface area contributed by atoms with Crippen LogP contribution < -0.4 is 0 Å². The first-order chi connectivity index (χ1) is 10.0. The second kappa shape index (κ2) is 7.42. The standard InChI is InChI=1S/C19H31NO/c1-14(2)18(19(21)16-11-6-5-7-12-16)20(4)17-13-9-8-10-15(17)3/h5-7,11-12,14-15,17-19,21H,8-10,13H2,1-4H3. The Morgan fingerprint density at radius 2 is 1.71 bits per heavy atom. The molecule has 21 heavy (non-hydrogen) atoms. The Morgan fingerprint density at radius 1 is 1.10 bits per heavy atom. The molecule has 0 spiro atoms. The van der Waals surface area contributed by atoms with Crippen molar-refractivity contribution in [3.05, 3.63) is 35.9 Å². The highest BCUT2D eigenvalue weighted by Gasteiger charge is 2.34. The summed E-state index contributed by atoms with van der Waals surface area (Å²) in [5.41, 5.74) is 1.03. The van der Waals surface area contributed by atoms with E-state index >= 15 is 0 Å². The van der Waals surface area contributed by atoms with E-state index in [1.807, 2.05) is 30.3 Å². The molecular formula is C19H31NO. The van der Waals surface area contributed by atoms with Gasteiger partial charge in [-0.1, -0.05) is 63.9 Å². The van der Waals surface area contributed by atoms with Crippen molar-refractivity contribution in [1.29, 1.82) is 0 Å². The van der Waals surface area contributed by atoms with Crippen LogP contribution >= 0.6 is 0 Å². The molecule has 1 aliphatic carbocycles. The third-order valence-corrected chi connectivity index (χ3v) is 5.21. The van der Waals surface area contributed by atoms with Crippen LogP contribution in [0.3, 0.4) is 0 Å². The second-order valence-electron chi connectivity index (χ2n) is 7.08. The van der Waals surface area contributed by atoms with E-state index in [1.54, 1.807) is 0 Å². The number of rotatable bonds is 5. The fraction of sp³-hybridized carbons (Fsp3) is 0.684. The van der Waals surface area contributed by atoms with Crippen LogP contribution in [0.4, 0.5) is 0 Å². The molecule has 1 N–H and O–H groups in total. The summed E-state index contributed by atoms with van der Waals surface area (Å²) in [6.45, 7) is 6.81. The predicted molar refractivity (Wildman–Crippen MR) is 89.2 cm³/mol. The van der Waals surface area contributed by atoms with Crippen molar-refractivity contribution in [2.75, 3.05) is 7.05 Å². The van der Waals surface area contributed by atoms with Gasteiger partial charge < -0.3 is 5.11 Å². The largest absolute Gasteiger partial charge is 0.387 e. The molecule has 2 rings (SSSR count). The van der Waals surface area contributed by atoms with Crippen LogP contribution in [0, 0.1) is 11.8 Å². The average Bonchev–Trinajstić information content (AvgIpc) is 2.48. The number of benzene rings is 1. The Hall–Kier alpha value is -0.860. The van der Waals surface area contributed by atoms with E-state index in [0.717, 1.165) is 11.5 Å². The van der Waals surface area contributed by atoms with Crippen LogP contribution in [-0.2, 0) is 0 Å². The number of likely N-dealkylation sites (N-methyl/N-ethyl adjacent to an activating group) is 1. The maximum atomic E-state index is 10.9. The topological polar surface area (TPSA) is 23.5 Å². The van der Waals surface area contributed by atoms with Gasteiger partial charge in [0.2, 0.25) is 0 Å². The van der Waals surface area contributed by atoms with E-state index < -0.39 is 6.10 Å². The molecule has 0 heterocycles. The first-order valence-electron chi connectivity index (χ1n) is 8.47. The maximum Gasteiger partial charge on any atom is 0.0947 e. The molecule has 0 radical (unpaired) electrons. The van der Waals surface area contributed by atoms with Crippen molar-refractivity contribution in [2.24, 2.45) is 11.8 Å². The van der Waals surface area contributed by atoms with Gasteiger partial charge in [-0.2, -0.15) is 0 Å². The van der Waals surface area contributed by atoms with Gasteiger partial charge in [-0.3, -0.25) is 4.90 Å². The minimum absolute atomic E-state index is 0.179. The molecule has 0 saturated heterocycles. The molecule has 0 amide bonds. The summed E-state index contributed by atoms with van der Waals surface area (Å²) in [5, 5.41) is 10.9. The Bertz CT molecular complexity index is 417. The fourth-order valence-electron chi connectivity index (χ4n) is 4.03. The van der Waals surface area contributed by atoms with Crippen LogP contribution in [0.2, 0.25) is 0 Å². The lowest BCUT2D eigenvalue weighted by Crippen LogP contribution is -2.49. The Balaban J connectivity index is 2.18. The Morgan fingerprint density at radius 3 is 2.29 bits per heavy atom. The minimum Gasteiger partial charge on any atom is -0.387 e. The van der Waals surface area contributed by atoms with Gasteiger partial charge in [0.1, 0.15) is 0 Å². The number of aliphatic hydroxyl groups is 1. The lowest BCUT2D eigenvalue weighted by atomic mass is 9.82. The van der Waals surface area contributed by atoms with Crippen LogP contribution in [0.15, 0.2) is 30.3 Å². The number of aliphatic hydroxyl groups excluding tert-OH is 1. The summed E-state index contributed by atoms with van der Waals surface area (Å²) in [6, 6.07) is 10.9. The van der Waals surface area contributed by atoms with Gasteiger partial charge in [0.15, 0.2) is 0 Å². The zero-order valence-electron chi connectivity index (χ0n) is 14.0. The number of hydrogen-bond donors (Lipinski definition) is 1. The quantitative estimate of drug-likeness (QED) is 0.875. The molecule has 118 valence electrons. The van der Waals surface area contributed by atoms with E-state index in [2.05, 4.69) is 32.7 Å². The third-order valence-electron chi connectivity index (χ3n) is 5.21. The fourth-order valence-corrected chi connectivity index (χ4v) is 4.03. The Labute approximate surface area is 130 Å². The molecule has 1 aliphatic rings. The van der Waals surface area contributed by atoms with E-state index in [-0.39, 0.29) is 6.04 Å². The van der Waals surface area contributed by atoms with Crippen LogP contribution in [0.1, 0.15) is 58.1 Å². The number of nitrogens with zero attached hydrogens (tertiary/aromatic N) is 1. The van der Waals surface area contributed by atoms with Crippen molar-refractivity contribution >= 4 is 0 Å². The molecule has 0 bridgehead atoms. The summed E-state index contributed by atoms with van der Waals surface area (Å²) in [5.74, 6) is 1.16. The van der Waals surface area contributed by atoms with Gasteiger partial charge in [-0.25, -0.2) is 0 Å². The predicted octanol–water partition coefficient (Wildman–Crippen LogP) is 4.26. The molecule has 1 aromatic carbocycles. The van der Waals surface area contributed by atoms with Gasteiger partial charge in [0.05, 0.1) is 6.10 Å². The smallest absolute Gasteiger partial charge is 0.0947 e.